The van der Waals surface area contributed by atoms with Crippen LogP contribution in [0.4, 0.5) is 5.69 Å². The van der Waals surface area contributed by atoms with Gasteiger partial charge in [-0.15, -0.1) is 0 Å². The molecule has 3 rings (SSSR count). The standard InChI is InChI=1S/C32H46N8O7S/c1-46-18-19-47-17-12-36-28(41)8-9-30(43)39-13-15-40(16-14-39)32(44)27(21-23-4-2-5-24(20-23)31(34)35)38-48(45)26-7-3-6-25(22-26)37-29(42)10-11-33/h2-7,20,22,27,38H,8-19,21,33H2,1H3,(H3,34,35)(H,36,41)(H,37,42)/t27-,48?/m0/s1. The zero-order chi connectivity index (χ0) is 34.9. The molecule has 0 aromatic heterocycles. The van der Waals surface area contributed by atoms with Crippen molar-refractivity contribution in [2.45, 2.75) is 36.6 Å². The van der Waals surface area contributed by atoms with Gasteiger partial charge in [0.05, 0.1) is 24.7 Å². The van der Waals surface area contributed by atoms with Gasteiger partial charge in [-0.05, 0) is 36.2 Å². The number of ether oxygens (including phenoxy) is 2. The highest BCUT2D eigenvalue weighted by atomic mass is 32.2. The number of nitrogens with two attached hydrogens (primary N) is 2. The molecule has 48 heavy (non-hydrogen) atoms. The van der Waals surface area contributed by atoms with E-state index >= 15 is 0 Å². The molecule has 0 bridgehead atoms. The van der Waals surface area contributed by atoms with Crippen molar-refractivity contribution in [1.29, 1.82) is 5.41 Å². The summed E-state index contributed by atoms with van der Waals surface area (Å²) in [6.45, 7) is 2.90. The van der Waals surface area contributed by atoms with Gasteiger partial charge < -0.3 is 41.4 Å². The van der Waals surface area contributed by atoms with Gasteiger partial charge in [0.2, 0.25) is 23.6 Å². The number of hydrogen-bond donors (Lipinski definition) is 6. The van der Waals surface area contributed by atoms with Gasteiger partial charge in [0.1, 0.15) is 22.9 Å². The van der Waals surface area contributed by atoms with Crippen LogP contribution in [0.1, 0.15) is 30.4 Å². The molecule has 8 N–H and O–H groups in total. The van der Waals surface area contributed by atoms with Gasteiger partial charge >= 0.3 is 0 Å². The SMILES string of the molecule is COCCOCCNC(=O)CCC(=O)N1CCN(C(=O)[C@H](Cc2cccc(C(=N)N)c2)NS(=O)c2cccc(NC(=O)CCN)c2)CC1. The summed E-state index contributed by atoms with van der Waals surface area (Å²) in [6, 6.07) is 12.5. The topological polar surface area (TPSA) is 222 Å². The highest BCUT2D eigenvalue weighted by molar-refractivity contribution is 7.83. The maximum atomic E-state index is 13.9. The van der Waals surface area contributed by atoms with E-state index in [9.17, 15) is 23.4 Å². The predicted octanol–water partition coefficient (Wildman–Crippen LogP) is -0.288. The molecule has 0 spiro atoms. The molecule has 262 valence electrons. The maximum Gasteiger partial charge on any atom is 0.241 e. The summed E-state index contributed by atoms with van der Waals surface area (Å²) in [5, 5.41) is 13.2. The second kappa shape index (κ2) is 20.2. The smallest absolute Gasteiger partial charge is 0.241 e. The maximum absolute atomic E-state index is 13.9. The summed E-state index contributed by atoms with van der Waals surface area (Å²) in [6.07, 6.45) is 0.391. The van der Waals surface area contributed by atoms with Crippen LogP contribution >= 0.6 is 0 Å². The molecule has 16 heteroatoms. The fraction of sp³-hybridized carbons (Fsp3) is 0.469. The van der Waals surface area contributed by atoms with Crippen molar-refractivity contribution in [1.82, 2.24) is 19.8 Å². The molecule has 1 fully saturated rings. The summed E-state index contributed by atoms with van der Waals surface area (Å²) in [5.41, 5.74) is 12.8. The molecular formula is C32H46N8O7S. The lowest BCUT2D eigenvalue weighted by Gasteiger charge is -2.36. The van der Waals surface area contributed by atoms with E-state index in [1.807, 2.05) is 0 Å². The van der Waals surface area contributed by atoms with Gasteiger partial charge in [-0.3, -0.25) is 24.6 Å². The highest BCUT2D eigenvalue weighted by Gasteiger charge is 2.30. The number of carbonyl (C=O) groups excluding carboxylic acids is 4. The van der Waals surface area contributed by atoms with E-state index in [1.54, 1.807) is 65.4 Å². The van der Waals surface area contributed by atoms with Gasteiger partial charge in [-0.2, -0.15) is 0 Å². The van der Waals surface area contributed by atoms with E-state index < -0.39 is 17.0 Å². The van der Waals surface area contributed by atoms with Crippen molar-refractivity contribution in [3.63, 3.8) is 0 Å². The first-order chi connectivity index (χ1) is 23.1. The Kier molecular flexibility index (Phi) is 16.1. The number of rotatable bonds is 19. The normalized spacial score (nSPS) is 14.2. The number of carbonyl (C=O) groups is 4. The van der Waals surface area contributed by atoms with Crippen LogP contribution < -0.4 is 26.8 Å². The number of nitrogens with zero attached hydrogens (tertiary/aromatic N) is 2. The molecule has 2 aromatic carbocycles. The molecule has 1 unspecified atom stereocenters. The lowest BCUT2D eigenvalue weighted by molar-refractivity contribution is -0.141. The van der Waals surface area contributed by atoms with Gasteiger partial charge in [0.15, 0.2) is 0 Å². The molecule has 2 atom stereocenters. The molecule has 4 amide bonds. The van der Waals surface area contributed by atoms with Gasteiger partial charge in [-0.1, -0.05) is 24.3 Å². The number of piperazine rings is 1. The highest BCUT2D eigenvalue weighted by Crippen LogP contribution is 2.17. The summed E-state index contributed by atoms with van der Waals surface area (Å²) in [4.78, 5) is 54.4. The number of amides is 4. The summed E-state index contributed by atoms with van der Waals surface area (Å²) in [7, 11) is -0.260. The number of hydrogen-bond acceptors (Lipinski definition) is 9. The third-order valence-corrected chi connectivity index (χ3v) is 8.62. The van der Waals surface area contributed by atoms with Gasteiger partial charge in [0.25, 0.3) is 0 Å². The number of amidine groups is 1. The van der Waals surface area contributed by atoms with Crippen molar-refractivity contribution >= 4 is 46.1 Å². The van der Waals surface area contributed by atoms with Crippen LogP contribution in [0, 0.1) is 5.41 Å². The third-order valence-electron chi connectivity index (χ3n) is 7.44. The minimum absolute atomic E-state index is 0.0467. The molecule has 1 saturated heterocycles. The first kappa shape index (κ1) is 38.2. The molecule has 1 aliphatic rings. The number of methoxy groups -OCH3 is 1. The minimum atomic E-state index is -1.84. The quantitative estimate of drug-likeness (QED) is 0.0648. The summed E-state index contributed by atoms with van der Waals surface area (Å²) in [5.74, 6) is -1.11. The molecule has 2 aromatic rings. The Morgan fingerprint density at radius 3 is 2.38 bits per heavy atom. The van der Waals surface area contributed by atoms with Crippen molar-refractivity contribution in [2.75, 3.05) is 71.5 Å². The van der Waals surface area contributed by atoms with E-state index in [4.69, 9.17) is 26.4 Å². The van der Waals surface area contributed by atoms with Crippen molar-refractivity contribution in [3.8, 4) is 0 Å². The largest absolute Gasteiger partial charge is 0.384 e. The number of nitrogens with one attached hydrogen (secondary N) is 4. The zero-order valence-corrected chi connectivity index (χ0v) is 28.0. The number of nitrogen functional groups attached to an aromatic ring is 1. The van der Waals surface area contributed by atoms with Crippen LogP contribution in [0.15, 0.2) is 53.4 Å². The summed E-state index contributed by atoms with van der Waals surface area (Å²) < 4.78 is 26.7. The molecule has 1 heterocycles. The number of benzene rings is 2. The fourth-order valence-corrected chi connectivity index (χ4v) is 5.91. The summed E-state index contributed by atoms with van der Waals surface area (Å²) >= 11 is 0. The van der Waals surface area contributed by atoms with E-state index in [-0.39, 0.29) is 74.8 Å². The zero-order valence-electron chi connectivity index (χ0n) is 27.2. The third kappa shape index (κ3) is 12.8. The van der Waals surface area contributed by atoms with Crippen LogP contribution in [0.25, 0.3) is 0 Å². The van der Waals surface area contributed by atoms with Crippen molar-refractivity contribution < 1.29 is 32.9 Å². The number of anilines is 1. The van der Waals surface area contributed by atoms with Crippen LogP contribution in [0.2, 0.25) is 0 Å². The molecule has 1 aliphatic heterocycles. The Morgan fingerprint density at radius 1 is 0.938 bits per heavy atom. The minimum Gasteiger partial charge on any atom is -0.384 e. The average Bonchev–Trinajstić information content (AvgIpc) is 3.08. The Hall–Kier alpha value is -4.22. The molecular weight excluding hydrogens is 640 g/mol. The molecule has 0 radical (unpaired) electrons. The van der Waals surface area contributed by atoms with Crippen LogP contribution in [-0.2, 0) is 46.1 Å². The average molecular weight is 687 g/mol. The van der Waals surface area contributed by atoms with E-state index in [2.05, 4.69) is 15.4 Å². The van der Waals surface area contributed by atoms with Crippen LogP contribution in [0.3, 0.4) is 0 Å². The monoisotopic (exact) mass is 686 g/mol. The predicted molar refractivity (Wildman–Crippen MR) is 181 cm³/mol. The fourth-order valence-electron chi connectivity index (χ4n) is 4.89. The van der Waals surface area contributed by atoms with E-state index in [0.717, 1.165) is 0 Å². The van der Waals surface area contributed by atoms with E-state index in [0.29, 0.717) is 61.2 Å². The van der Waals surface area contributed by atoms with Crippen LogP contribution in [-0.4, -0.2) is 116 Å². The second-order valence-corrected chi connectivity index (χ2v) is 12.3. The van der Waals surface area contributed by atoms with Gasteiger partial charge in [-0.25, -0.2) is 8.93 Å². The molecule has 0 saturated carbocycles. The Bertz CT molecular complexity index is 1430. The lowest BCUT2D eigenvalue weighted by Crippen LogP contribution is -2.55. The Morgan fingerprint density at radius 2 is 1.67 bits per heavy atom. The van der Waals surface area contributed by atoms with Crippen LogP contribution in [0.5, 0.6) is 0 Å². The second-order valence-electron chi connectivity index (χ2n) is 11.0. The Labute approximate surface area is 283 Å². The van der Waals surface area contributed by atoms with Crippen molar-refractivity contribution in [2.24, 2.45) is 11.5 Å². The Balaban J connectivity index is 1.61. The first-order valence-corrected chi connectivity index (χ1v) is 16.9. The first-order valence-electron chi connectivity index (χ1n) is 15.7. The van der Waals surface area contributed by atoms with Gasteiger partial charge in [0, 0.05) is 76.9 Å². The molecule has 0 aliphatic carbocycles. The van der Waals surface area contributed by atoms with Crippen molar-refractivity contribution in [3.05, 3.63) is 59.7 Å². The molecule has 15 nitrogen and oxygen atoms in total. The van der Waals surface area contributed by atoms with E-state index in [1.165, 1.54) is 0 Å². The lowest BCUT2D eigenvalue weighted by atomic mass is 10.0.